The molecule has 2 nitrogen and oxygen atoms in total. The van der Waals surface area contributed by atoms with E-state index in [-0.39, 0.29) is 0 Å². The van der Waals surface area contributed by atoms with Crippen LogP contribution in [0.1, 0.15) is 11.1 Å². The second-order valence-electron chi connectivity index (χ2n) is 15.1. The van der Waals surface area contributed by atoms with E-state index in [1.165, 1.54) is 72.0 Å². The zero-order chi connectivity index (χ0) is 38.6. The van der Waals surface area contributed by atoms with Gasteiger partial charge in [0.05, 0.1) is 11.0 Å². The molecule has 0 saturated heterocycles. The molecule has 0 aliphatic heterocycles. The van der Waals surface area contributed by atoms with E-state index in [0.29, 0.717) is 5.02 Å². The van der Waals surface area contributed by atoms with Gasteiger partial charge in [0, 0.05) is 44.1 Å². The number of hydrogen-bond donors (Lipinski definition) is 0. The van der Waals surface area contributed by atoms with Crippen LogP contribution in [0.5, 0.6) is 0 Å². The molecule has 58 heavy (non-hydrogen) atoms. The molecule has 274 valence electrons. The van der Waals surface area contributed by atoms with Gasteiger partial charge in [-0.1, -0.05) is 157 Å². The van der Waals surface area contributed by atoms with E-state index in [4.69, 9.17) is 11.6 Å². The van der Waals surface area contributed by atoms with Gasteiger partial charge in [0.25, 0.3) is 0 Å². The number of aromatic nitrogens is 1. The summed E-state index contributed by atoms with van der Waals surface area (Å²) in [7, 11) is 0. The summed E-state index contributed by atoms with van der Waals surface area (Å²) in [6.07, 6.45) is 0.897. The molecule has 0 saturated carbocycles. The van der Waals surface area contributed by atoms with Crippen molar-refractivity contribution in [1.82, 2.24) is 4.57 Å². The van der Waals surface area contributed by atoms with Gasteiger partial charge in [-0.05, 0) is 123 Å². The van der Waals surface area contributed by atoms with E-state index in [2.05, 4.69) is 222 Å². The topological polar surface area (TPSA) is 8.17 Å². The molecule has 1 heterocycles. The van der Waals surface area contributed by atoms with Crippen molar-refractivity contribution in [2.75, 3.05) is 4.90 Å². The minimum Gasteiger partial charge on any atom is -0.310 e. The van der Waals surface area contributed by atoms with Crippen LogP contribution in [-0.4, -0.2) is 4.57 Å². The number of fused-ring (bicyclic) bond motifs is 7. The Morgan fingerprint density at radius 2 is 1.00 bits per heavy atom. The predicted octanol–water partition coefficient (Wildman–Crippen LogP) is 15.5. The summed E-state index contributed by atoms with van der Waals surface area (Å²) in [5, 5.41) is 3.22. The Morgan fingerprint density at radius 1 is 0.414 bits per heavy atom. The molecule has 1 aliphatic carbocycles. The average molecular weight is 761 g/mol. The molecular formula is C55H37ClN2. The number of benzene rings is 9. The molecule has 0 bridgehead atoms. The lowest BCUT2D eigenvalue weighted by atomic mass is 9.91. The summed E-state index contributed by atoms with van der Waals surface area (Å²) in [4.78, 5) is 2.28. The largest absolute Gasteiger partial charge is 0.310 e. The van der Waals surface area contributed by atoms with Crippen molar-refractivity contribution in [2.24, 2.45) is 0 Å². The highest BCUT2D eigenvalue weighted by molar-refractivity contribution is 6.31. The molecule has 3 heteroatoms. The van der Waals surface area contributed by atoms with E-state index in [1.807, 2.05) is 0 Å². The first-order chi connectivity index (χ1) is 28.7. The van der Waals surface area contributed by atoms with Gasteiger partial charge in [-0.2, -0.15) is 0 Å². The van der Waals surface area contributed by atoms with Gasteiger partial charge in [-0.15, -0.1) is 0 Å². The fourth-order valence-corrected chi connectivity index (χ4v) is 9.25. The lowest BCUT2D eigenvalue weighted by molar-refractivity contribution is 1.18. The summed E-state index contributed by atoms with van der Waals surface area (Å²) in [6.45, 7) is 0. The van der Waals surface area contributed by atoms with Gasteiger partial charge in [0.2, 0.25) is 0 Å². The average Bonchev–Trinajstić information content (AvgIpc) is 3.83. The Bertz CT molecular complexity index is 3110. The second kappa shape index (κ2) is 14.1. The second-order valence-corrected chi connectivity index (χ2v) is 15.5. The summed E-state index contributed by atoms with van der Waals surface area (Å²) in [5.74, 6) is 0. The molecule has 1 aliphatic rings. The number of anilines is 3. The summed E-state index contributed by atoms with van der Waals surface area (Å²) >= 11 is 6.98. The Labute approximate surface area is 343 Å². The monoisotopic (exact) mass is 760 g/mol. The zero-order valence-corrected chi connectivity index (χ0v) is 32.4. The third-order valence-corrected chi connectivity index (χ3v) is 11.9. The Balaban J connectivity index is 1.02. The van der Waals surface area contributed by atoms with Crippen LogP contribution < -0.4 is 4.90 Å². The van der Waals surface area contributed by atoms with Crippen LogP contribution in [0, 0.1) is 0 Å². The lowest BCUT2D eigenvalue weighted by Gasteiger charge is -2.26. The molecule has 0 spiro atoms. The first kappa shape index (κ1) is 34.1. The van der Waals surface area contributed by atoms with E-state index >= 15 is 0 Å². The molecule has 1 aromatic heterocycles. The first-order valence-electron chi connectivity index (χ1n) is 19.8. The van der Waals surface area contributed by atoms with E-state index in [0.717, 1.165) is 34.6 Å². The molecule has 10 aromatic rings. The van der Waals surface area contributed by atoms with E-state index in [9.17, 15) is 0 Å². The highest BCUT2D eigenvalue weighted by atomic mass is 35.5. The molecule has 0 atom stereocenters. The van der Waals surface area contributed by atoms with Crippen molar-refractivity contribution in [2.45, 2.75) is 6.42 Å². The van der Waals surface area contributed by atoms with E-state index < -0.39 is 0 Å². The highest BCUT2D eigenvalue weighted by Crippen LogP contribution is 2.49. The molecule has 0 amide bonds. The highest BCUT2D eigenvalue weighted by Gasteiger charge is 2.28. The lowest BCUT2D eigenvalue weighted by Crippen LogP contribution is -2.10. The number of nitrogens with zero attached hydrogens (tertiary/aromatic N) is 2. The predicted molar refractivity (Wildman–Crippen MR) is 245 cm³/mol. The first-order valence-corrected chi connectivity index (χ1v) is 20.2. The SMILES string of the molecule is Clc1cc(-c2ccc(-c3cc4c5ccccc5n(-c5ccccc5)c4c4c3Cc3ccccc3-4)cc2)cc(N(c2ccccc2)c2ccc(-c3ccccc3)cc2)c1. The number of hydrogen-bond acceptors (Lipinski definition) is 1. The van der Waals surface area contributed by atoms with Crippen molar-refractivity contribution in [3.63, 3.8) is 0 Å². The van der Waals surface area contributed by atoms with Crippen LogP contribution in [-0.2, 0) is 6.42 Å². The minimum absolute atomic E-state index is 0.689. The maximum Gasteiger partial charge on any atom is 0.0622 e. The van der Waals surface area contributed by atoms with Crippen molar-refractivity contribution in [3.05, 3.63) is 228 Å². The fourth-order valence-electron chi connectivity index (χ4n) is 9.02. The van der Waals surface area contributed by atoms with E-state index in [1.54, 1.807) is 0 Å². The van der Waals surface area contributed by atoms with Crippen LogP contribution in [0.25, 0.3) is 72.0 Å². The zero-order valence-electron chi connectivity index (χ0n) is 31.7. The van der Waals surface area contributed by atoms with Gasteiger partial charge in [0.1, 0.15) is 0 Å². The molecule has 0 fully saturated rings. The van der Waals surface area contributed by atoms with Gasteiger partial charge in [0.15, 0.2) is 0 Å². The fraction of sp³-hybridized carbons (Fsp3) is 0.0182. The smallest absolute Gasteiger partial charge is 0.0622 e. The van der Waals surface area contributed by atoms with Crippen molar-refractivity contribution in [1.29, 1.82) is 0 Å². The van der Waals surface area contributed by atoms with Crippen LogP contribution in [0.2, 0.25) is 5.02 Å². The van der Waals surface area contributed by atoms with Crippen molar-refractivity contribution >= 4 is 50.5 Å². The quantitative estimate of drug-likeness (QED) is 0.157. The van der Waals surface area contributed by atoms with Crippen LogP contribution in [0.3, 0.4) is 0 Å². The van der Waals surface area contributed by atoms with Crippen LogP contribution in [0.4, 0.5) is 17.1 Å². The van der Waals surface area contributed by atoms with Gasteiger partial charge >= 0.3 is 0 Å². The standard InChI is InChI=1S/C55H37ClN2/c56-43-32-42(33-47(35-43)57(44-17-6-2-7-18-44)46-30-28-38(29-31-46)37-14-4-1-5-15-37)39-24-26-40(27-25-39)50-36-52-49-22-12-13-23-53(49)58(45-19-8-3-9-20-45)55(52)54-48-21-11-10-16-41(48)34-51(50)54/h1-33,35-36H,34H2. The molecular weight excluding hydrogens is 724 g/mol. The molecule has 9 aromatic carbocycles. The van der Waals surface area contributed by atoms with Crippen LogP contribution in [0.15, 0.2) is 212 Å². The summed E-state index contributed by atoms with van der Waals surface area (Å²) < 4.78 is 2.46. The Hall–Kier alpha value is -7.13. The Kier molecular flexibility index (Phi) is 8.31. The minimum atomic E-state index is 0.689. The number of rotatable bonds is 7. The van der Waals surface area contributed by atoms with Crippen LogP contribution >= 0.6 is 11.6 Å². The van der Waals surface area contributed by atoms with Crippen molar-refractivity contribution in [3.8, 4) is 50.2 Å². The third-order valence-electron chi connectivity index (χ3n) is 11.7. The van der Waals surface area contributed by atoms with Gasteiger partial charge in [-0.3, -0.25) is 0 Å². The van der Waals surface area contributed by atoms with Gasteiger partial charge in [-0.25, -0.2) is 0 Å². The maximum atomic E-state index is 6.98. The van der Waals surface area contributed by atoms with Crippen molar-refractivity contribution < 1.29 is 0 Å². The summed E-state index contributed by atoms with van der Waals surface area (Å²) in [5.41, 5.74) is 19.3. The molecule has 0 N–H and O–H groups in total. The normalized spacial score (nSPS) is 11.8. The third kappa shape index (κ3) is 5.81. The number of halogens is 1. The molecule has 0 radical (unpaired) electrons. The molecule has 0 unspecified atom stereocenters. The number of para-hydroxylation sites is 3. The Morgan fingerprint density at radius 3 is 1.78 bits per heavy atom. The van der Waals surface area contributed by atoms with Gasteiger partial charge < -0.3 is 9.47 Å². The summed E-state index contributed by atoms with van der Waals surface area (Å²) in [6, 6.07) is 76.2. The maximum absolute atomic E-state index is 6.98. The molecule has 11 rings (SSSR count).